The second kappa shape index (κ2) is 20.7. The molecule has 5 heavy (non-hydrogen) atoms. The number of hydrogen-bond acceptors (Lipinski definition) is 1. The zero-order valence-electron chi connectivity index (χ0n) is 3.73. The minimum absolute atomic E-state index is 0. The molecule has 1 N–H and O–H groups in total. The third kappa shape index (κ3) is 51.2. The molecule has 0 saturated carbocycles. The fourth-order valence-electron chi connectivity index (χ4n) is 0. The van der Waals surface area contributed by atoms with Crippen molar-refractivity contribution in [1.82, 2.24) is 0 Å². The summed E-state index contributed by atoms with van der Waals surface area (Å²) in [7, 11) is 0. The first-order valence-electron chi connectivity index (χ1n) is 1.15. The van der Waals surface area contributed by atoms with Crippen molar-refractivity contribution in [2.24, 2.45) is 0 Å². The molecule has 28 valence electrons. The van der Waals surface area contributed by atoms with E-state index in [4.69, 9.17) is 0 Å². The molecule has 0 rings (SSSR count). The fraction of sp³-hybridized carbons (Fsp3) is 0.667. The Kier molecular flexibility index (Phi) is 69.7. The van der Waals surface area contributed by atoms with Gasteiger partial charge in [-0.25, -0.2) is 0 Å². The van der Waals surface area contributed by atoms with E-state index in [1.54, 1.807) is 0 Å². The summed E-state index contributed by atoms with van der Waals surface area (Å²) in [5, 5.41) is 0. The van der Waals surface area contributed by atoms with Crippen molar-refractivity contribution in [1.29, 1.82) is 0 Å². The predicted molar refractivity (Wildman–Crippen MR) is 17.6 cm³/mol. The third-order valence-corrected chi connectivity index (χ3v) is 0. The van der Waals surface area contributed by atoms with Crippen molar-refractivity contribution in [2.75, 3.05) is 0 Å². The van der Waals surface area contributed by atoms with E-state index in [1.165, 1.54) is 0 Å². The summed E-state index contributed by atoms with van der Waals surface area (Å²) in [4.78, 5) is 0. The van der Waals surface area contributed by atoms with E-state index in [1.807, 2.05) is 20.3 Å². The van der Waals surface area contributed by atoms with Crippen LogP contribution in [-0.4, -0.2) is 5.48 Å². The van der Waals surface area contributed by atoms with Gasteiger partial charge in [0.2, 0.25) is 0 Å². The summed E-state index contributed by atoms with van der Waals surface area (Å²) in [6.45, 7) is 4.00. The Morgan fingerprint density at radius 3 is 1.20 bits per heavy atom. The van der Waals surface area contributed by atoms with Gasteiger partial charge in [-0.15, -0.1) is 0 Å². The minimum atomic E-state index is 0. The second-order valence-electron chi connectivity index (χ2n) is 0.577. The zero-order valence-corrected chi connectivity index (χ0v) is 9.23. The maximum atomic E-state index is 2.00. The molecule has 0 amide bonds. The Balaban J connectivity index is -0.0000000200. The molecule has 1 nitrogen and oxygen atoms in total. The van der Waals surface area contributed by atoms with Gasteiger partial charge in [0.25, 0.3) is 0 Å². The first-order valence-corrected chi connectivity index (χ1v) is 1.15. The van der Waals surface area contributed by atoms with Crippen LogP contribution in [0, 0.1) is 6.42 Å². The maximum absolute atomic E-state index is 2.00. The van der Waals surface area contributed by atoms with Crippen LogP contribution in [0.1, 0.15) is 13.8 Å². The van der Waals surface area contributed by atoms with E-state index in [-0.39, 0.29) is 33.1 Å². The standard InChI is InChI=1S/C3H7.Hg.H2O/c1-3-2;;/h3H,1-2H3;;1H2/q;+1;/p-1. The average Bonchev–Trinajstić information content (AvgIpc) is 0.918. The van der Waals surface area contributed by atoms with E-state index in [2.05, 4.69) is 0 Å². The first kappa shape index (κ1) is 16.9. The van der Waals surface area contributed by atoms with Gasteiger partial charge >= 0.3 is 27.7 Å². The largest absolute Gasteiger partial charge is 1.00 e. The molecule has 0 saturated heterocycles. The van der Waals surface area contributed by atoms with Gasteiger partial charge in [0.1, 0.15) is 0 Å². The van der Waals surface area contributed by atoms with Crippen LogP contribution in [-0.2, 0) is 27.7 Å². The van der Waals surface area contributed by atoms with Gasteiger partial charge in [-0.3, -0.25) is 0 Å². The van der Waals surface area contributed by atoms with E-state index >= 15 is 0 Å². The van der Waals surface area contributed by atoms with E-state index in [0.29, 0.717) is 0 Å². The van der Waals surface area contributed by atoms with Crippen LogP contribution in [0.15, 0.2) is 0 Å². The Morgan fingerprint density at radius 1 is 1.20 bits per heavy atom. The van der Waals surface area contributed by atoms with Crippen LogP contribution in [0.4, 0.5) is 0 Å². The molecule has 0 bridgehead atoms. The number of hydrogen-bond donors (Lipinski definition) is 0. The second-order valence-corrected chi connectivity index (χ2v) is 0.577. The minimum Gasteiger partial charge on any atom is -0.870 e. The third-order valence-electron chi connectivity index (χ3n) is 0. The van der Waals surface area contributed by atoms with Crippen LogP contribution < -0.4 is 0 Å². The van der Waals surface area contributed by atoms with Crippen LogP contribution in [0.25, 0.3) is 0 Å². The monoisotopic (exact) mass is 262 g/mol. The van der Waals surface area contributed by atoms with Gasteiger partial charge in [-0.05, 0) is 6.42 Å². The van der Waals surface area contributed by atoms with Gasteiger partial charge in [-0.2, -0.15) is 0 Å². The zero-order chi connectivity index (χ0) is 2.71. The molecule has 0 unspecified atom stereocenters. The molecule has 0 aliphatic rings. The van der Waals surface area contributed by atoms with Crippen molar-refractivity contribution >= 4 is 0 Å². The van der Waals surface area contributed by atoms with Crippen molar-refractivity contribution in [3.8, 4) is 0 Å². The summed E-state index contributed by atoms with van der Waals surface area (Å²) >= 11 is 0. The molecule has 0 atom stereocenters. The summed E-state index contributed by atoms with van der Waals surface area (Å²) < 4.78 is 0. The molecular weight excluding hydrogens is 253 g/mol. The Hall–Kier alpha value is 0.895. The first-order chi connectivity index (χ1) is 1.41. The molecule has 0 heterocycles. The molecule has 0 aliphatic carbocycles. The van der Waals surface area contributed by atoms with Crippen LogP contribution in [0.2, 0.25) is 0 Å². The van der Waals surface area contributed by atoms with E-state index in [9.17, 15) is 0 Å². The fourth-order valence-corrected chi connectivity index (χ4v) is 0. The maximum Gasteiger partial charge on any atom is 1.00 e. The van der Waals surface area contributed by atoms with Crippen LogP contribution in [0.3, 0.4) is 0 Å². The number of rotatable bonds is 0. The predicted octanol–water partition coefficient (Wildman–Crippen LogP) is 1.05. The van der Waals surface area contributed by atoms with Crippen molar-refractivity contribution in [3.05, 3.63) is 6.42 Å². The van der Waals surface area contributed by atoms with Crippen LogP contribution in [0.5, 0.6) is 0 Å². The molecule has 0 aromatic carbocycles. The van der Waals surface area contributed by atoms with E-state index < -0.39 is 0 Å². The molecule has 0 aromatic heterocycles. The Bertz CT molecular complexity index is 6.85. The van der Waals surface area contributed by atoms with Crippen molar-refractivity contribution in [3.63, 3.8) is 0 Å². The molecular formula is C3H8HgO. The van der Waals surface area contributed by atoms with Crippen LogP contribution >= 0.6 is 0 Å². The van der Waals surface area contributed by atoms with Crippen molar-refractivity contribution in [2.45, 2.75) is 13.8 Å². The van der Waals surface area contributed by atoms with Gasteiger partial charge in [-0.1, -0.05) is 13.8 Å². The molecule has 0 spiro atoms. The summed E-state index contributed by atoms with van der Waals surface area (Å²) in [5.41, 5.74) is 0. The average molecular weight is 261 g/mol. The summed E-state index contributed by atoms with van der Waals surface area (Å²) in [6, 6.07) is 0. The molecule has 0 aliphatic heterocycles. The Labute approximate surface area is 53.6 Å². The van der Waals surface area contributed by atoms with Gasteiger partial charge in [0.15, 0.2) is 0 Å². The molecule has 2 heteroatoms. The summed E-state index contributed by atoms with van der Waals surface area (Å²) in [5.74, 6) is 0. The molecule has 0 aromatic rings. The topological polar surface area (TPSA) is 30.0 Å². The van der Waals surface area contributed by atoms with E-state index in [0.717, 1.165) is 0 Å². The van der Waals surface area contributed by atoms with Gasteiger partial charge in [0, 0.05) is 0 Å². The summed E-state index contributed by atoms with van der Waals surface area (Å²) in [6.07, 6.45) is 2.00. The Morgan fingerprint density at radius 2 is 1.20 bits per heavy atom. The van der Waals surface area contributed by atoms with Crippen molar-refractivity contribution < 1.29 is 33.1 Å². The normalized spacial score (nSPS) is 3.60. The van der Waals surface area contributed by atoms with Gasteiger partial charge in [0.05, 0.1) is 0 Å². The molecule has 0 fully saturated rings. The van der Waals surface area contributed by atoms with Gasteiger partial charge < -0.3 is 5.48 Å². The molecule has 2 radical (unpaired) electrons. The SMILES string of the molecule is C[CH]C.[Hg+].[OH-]. The smallest absolute Gasteiger partial charge is 0.870 e. The quantitative estimate of drug-likeness (QED) is 0.599.